The molecule has 0 radical (unpaired) electrons. The van der Waals surface area contributed by atoms with Crippen molar-refractivity contribution in [3.63, 3.8) is 0 Å². The van der Waals surface area contributed by atoms with Gasteiger partial charge in [-0.15, -0.1) is 0 Å². The molecular formula is C12H13NO4. The Labute approximate surface area is 98.6 Å². The Morgan fingerprint density at radius 1 is 1.24 bits per heavy atom. The first-order chi connectivity index (χ1) is 8.21. The average Bonchev–Trinajstić information content (AvgIpc) is 2.91. The van der Waals surface area contributed by atoms with Crippen LogP contribution in [0.25, 0.3) is 0 Å². The molecule has 0 aliphatic carbocycles. The Morgan fingerprint density at radius 2 is 2.00 bits per heavy atom. The van der Waals surface area contributed by atoms with Gasteiger partial charge in [-0.25, -0.2) is 4.79 Å². The summed E-state index contributed by atoms with van der Waals surface area (Å²) >= 11 is 0. The van der Waals surface area contributed by atoms with Crippen LogP contribution in [-0.4, -0.2) is 36.6 Å². The monoisotopic (exact) mass is 235 g/mol. The number of anilines is 1. The number of nitrogens with zero attached hydrogens (tertiary/aromatic N) is 1. The number of cyclic esters (lactones) is 1. The second-order valence-corrected chi connectivity index (χ2v) is 4.43. The molecule has 2 aliphatic heterocycles. The maximum Gasteiger partial charge on any atom is 0.415 e. The molecule has 0 aromatic heterocycles. The number of phenolic OH excluding ortho intramolecular Hbond substituents is 1. The molecule has 1 atom stereocenters. The predicted octanol–water partition coefficient (Wildman–Crippen LogP) is 1.51. The van der Waals surface area contributed by atoms with E-state index in [2.05, 4.69) is 0 Å². The normalized spacial score (nSPS) is 27.8. The highest BCUT2D eigenvalue weighted by Gasteiger charge is 2.50. The summed E-state index contributed by atoms with van der Waals surface area (Å²) in [6.07, 6.45) is 0.431. The molecule has 2 heterocycles. The SMILES string of the molecule is O=C1OCC2(CCOC2)N1c1ccc(O)cc1. The van der Waals surface area contributed by atoms with E-state index >= 15 is 0 Å². The number of benzene rings is 1. The summed E-state index contributed by atoms with van der Waals surface area (Å²) in [7, 11) is 0. The Morgan fingerprint density at radius 3 is 2.65 bits per heavy atom. The van der Waals surface area contributed by atoms with E-state index in [1.54, 1.807) is 29.2 Å². The molecule has 1 unspecified atom stereocenters. The predicted molar refractivity (Wildman–Crippen MR) is 60.1 cm³/mol. The molecule has 5 nitrogen and oxygen atoms in total. The van der Waals surface area contributed by atoms with Crippen LogP contribution in [0.15, 0.2) is 24.3 Å². The minimum atomic E-state index is -0.367. The van der Waals surface area contributed by atoms with Crippen LogP contribution >= 0.6 is 0 Å². The fourth-order valence-electron chi connectivity index (χ4n) is 2.39. The standard InChI is InChI=1S/C12H13NO4/c14-10-3-1-9(2-4-10)13-11(15)17-8-12(13)5-6-16-7-12/h1-4,14H,5-8H2. The van der Waals surface area contributed by atoms with E-state index in [0.29, 0.717) is 19.8 Å². The summed E-state index contributed by atoms with van der Waals surface area (Å²) < 4.78 is 10.5. The van der Waals surface area contributed by atoms with Crippen LogP contribution in [0.2, 0.25) is 0 Å². The molecule has 1 amide bonds. The molecule has 0 bridgehead atoms. The highest BCUT2D eigenvalue weighted by Crippen LogP contribution is 2.36. The van der Waals surface area contributed by atoms with Crippen molar-refractivity contribution in [3.05, 3.63) is 24.3 Å². The van der Waals surface area contributed by atoms with Crippen LogP contribution in [0.5, 0.6) is 5.75 Å². The van der Waals surface area contributed by atoms with Crippen molar-refractivity contribution in [2.75, 3.05) is 24.7 Å². The first-order valence-electron chi connectivity index (χ1n) is 5.55. The van der Waals surface area contributed by atoms with Crippen LogP contribution in [0.4, 0.5) is 10.5 Å². The number of ether oxygens (including phenoxy) is 2. The van der Waals surface area contributed by atoms with Crippen molar-refractivity contribution in [1.29, 1.82) is 0 Å². The highest BCUT2D eigenvalue weighted by molar-refractivity contribution is 5.91. The van der Waals surface area contributed by atoms with Gasteiger partial charge in [-0.2, -0.15) is 0 Å². The van der Waals surface area contributed by atoms with Gasteiger partial charge in [0.1, 0.15) is 17.9 Å². The van der Waals surface area contributed by atoms with E-state index in [9.17, 15) is 9.90 Å². The van der Waals surface area contributed by atoms with Crippen LogP contribution in [0.1, 0.15) is 6.42 Å². The van der Waals surface area contributed by atoms with Gasteiger partial charge >= 0.3 is 6.09 Å². The molecular weight excluding hydrogens is 222 g/mol. The van der Waals surface area contributed by atoms with E-state index in [1.807, 2.05) is 0 Å². The van der Waals surface area contributed by atoms with Crippen LogP contribution in [0, 0.1) is 0 Å². The van der Waals surface area contributed by atoms with Gasteiger partial charge < -0.3 is 14.6 Å². The largest absolute Gasteiger partial charge is 0.508 e. The first kappa shape index (κ1) is 10.4. The van der Waals surface area contributed by atoms with E-state index in [1.165, 1.54) is 0 Å². The van der Waals surface area contributed by atoms with Gasteiger partial charge in [0.15, 0.2) is 0 Å². The van der Waals surface area contributed by atoms with Crippen molar-refractivity contribution in [1.82, 2.24) is 0 Å². The summed E-state index contributed by atoms with van der Waals surface area (Å²) in [6, 6.07) is 6.54. The summed E-state index contributed by atoms with van der Waals surface area (Å²) in [5.41, 5.74) is 0.365. The summed E-state index contributed by atoms with van der Waals surface area (Å²) in [5, 5.41) is 9.26. The molecule has 0 saturated carbocycles. The third kappa shape index (κ3) is 1.54. The van der Waals surface area contributed by atoms with Crippen molar-refractivity contribution in [3.8, 4) is 5.75 Å². The first-order valence-corrected chi connectivity index (χ1v) is 5.55. The van der Waals surface area contributed by atoms with E-state index in [4.69, 9.17) is 9.47 Å². The maximum atomic E-state index is 11.8. The van der Waals surface area contributed by atoms with Crippen LogP contribution < -0.4 is 4.90 Å². The van der Waals surface area contributed by atoms with E-state index in [-0.39, 0.29) is 17.4 Å². The number of rotatable bonds is 1. The van der Waals surface area contributed by atoms with Gasteiger partial charge in [0.2, 0.25) is 0 Å². The Hall–Kier alpha value is -1.75. The van der Waals surface area contributed by atoms with Crippen molar-refractivity contribution in [2.24, 2.45) is 0 Å². The quantitative estimate of drug-likeness (QED) is 0.801. The Bertz CT molecular complexity index is 436. The molecule has 1 aromatic rings. The number of amides is 1. The number of carbonyl (C=O) groups excluding carboxylic acids is 1. The van der Waals surface area contributed by atoms with E-state index < -0.39 is 0 Å². The molecule has 1 N–H and O–H groups in total. The minimum absolute atomic E-state index is 0.179. The van der Waals surface area contributed by atoms with Gasteiger partial charge in [-0.1, -0.05) is 0 Å². The highest BCUT2D eigenvalue weighted by atomic mass is 16.6. The Kier molecular flexibility index (Phi) is 2.22. The fourth-order valence-corrected chi connectivity index (χ4v) is 2.39. The average molecular weight is 235 g/mol. The summed E-state index contributed by atoms with van der Waals surface area (Å²) in [5.74, 6) is 0.179. The number of carbonyl (C=O) groups is 1. The van der Waals surface area contributed by atoms with Gasteiger partial charge in [-0.05, 0) is 24.3 Å². The lowest BCUT2D eigenvalue weighted by Gasteiger charge is -2.29. The molecule has 5 heteroatoms. The second-order valence-electron chi connectivity index (χ2n) is 4.43. The van der Waals surface area contributed by atoms with Crippen molar-refractivity contribution >= 4 is 11.8 Å². The van der Waals surface area contributed by atoms with Crippen LogP contribution in [0.3, 0.4) is 0 Å². The van der Waals surface area contributed by atoms with Crippen molar-refractivity contribution in [2.45, 2.75) is 12.0 Å². The summed E-state index contributed by atoms with van der Waals surface area (Å²) in [6.45, 7) is 1.51. The summed E-state index contributed by atoms with van der Waals surface area (Å²) in [4.78, 5) is 13.4. The third-order valence-corrected chi connectivity index (χ3v) is 3.31. The van der Waals surface area contributed by atoms with Crippen molar-refractivity contribution < 1.29 is 19.4 Å². The van der Waals surface area contributed by atoms with Crippen LogP contribution in [-0.2, 0) is 9.47 Å². The lowest BCUT2D eigenvalue weighted by atomic mass is 9.98. The zero-order valence-electron chi connectivity index (χ0n) is 9.26. The molecule has 17 heavy (non-hydrogen) atoms. The van der Waals surface area contributed by atoms with Gasteiger partial charge in [0.05, 0.1) is 6.61 Å². The lowest BCUT2D eigenvalue weighted by molar-refractivity contribution is 0.156. The number of aromatic hydroxyl groups is 1. The maximum absolute atomic E-state index is 11.8. The smallest absolute Gasteiger partial charge is 0.415 e. The zero-order valence-corrected chi connectivity index (χ0v) is 9.26. The number of hydrogen-bond donors (Lipinski definition) is 1. The molecule has 2 aliphatic rings. The fraction of sp³-hybridized carbons (Fsp3) is 0.417. The second kappa shape index (κ2) is 3.63. The topological polar surface area (TPSA) is 59.0 Å². The van der Waals surface area contributed by atoms with Gasteiger partial charge in [0, 0.05) is 18.7 Å². The molecule has 90 valence electrons. The Balaban J connectivity index is 1.98. The molecule has 1 spiro atoms. The number of phenols is 1. The molecule has 1 aromatic carbocycles. The lowest BCUT2D eigenvalue weighted by Crippen LogP contribution is -2.48. The zero-order chi connectivity index (χ0) is 11.9. The minimum Gasteiger partial charge on any atom is -0.508 e. The molecule has 2 fully saturated rings. The third-order valence-electron chi connectivity index (χ3n) is 3.31. The molecule has 3 rings (SSSR count). The molecule has 2 saturated heterocycles. The van der Waals surface area contributed by atoms with Gasteiger partial charge in [-0.3, -0.25) is 4.90 Å². The van der Waals surface area contributed by atoms with Gasteiger partial charge in [0.25, 0.3) is 0 Å². The number of hydrogen-bond acceptors (Lipinski definition) is 4. The van der Waals surface area contributed by atoms with E-state index in [0.717, 1.165) is 12.1 Å².